The highest BCUT2D eigenvalue weighted by molar-refractivity contribution is 6.28. The minimum Gasteiger partial charge on any atom is -0.370 e. The van der Waals surface area contributed by atoms with Gasteiger partial charge in [-0.1, -0.05) is 0 Å². The van der Waals surface area contributed by atoms with Gasteiger partial charge in [0.15, 0.2) is 0 Å². The van der Waals surface area contributed by atoms with Gasteiger partial charge in [-0.05, 0) is 44.9 Å². The summed E-state index contributed by atoms with van der Waals surface area (Å²) in [6.07, 6.45) is 2.70. The van der Waals surface area contributed by atoms with Crippen LogP contribution in [0, 0.1) is 20.8 Å². The number of hydrogen-bond donors (Lipinski definition) is 1. The monoisotopic (exact) mass is 279 g/mol. The topological polar surface area (TPSA) is 55.6 Å². The molecule has 0 saturated carbocycles. The Kier molecular flexibility index (Phi) is 4.37. The van der Waals surface area contributed by atoms with Crippen molar-refractivity contribution in [3.8, 4) is 0 Å². The Hall–Kier alpha value is -1.62. The van der Waals surface area contributed by atoms with E-state index in [1.165, 1.54) is 5.69 Å². The Morgan fingerprint density at radius 1 is 1.32 bits per heavy atom. The molecule has 0 amide bonds. The highest BCUT2D eigenvalue weighted by atomic mass is 35.5. The quantitative estimate of drug-likeness (QED) is 0.675. The van der Waals surface area contributed by atoms with Gasteiger partial charge in [0, 0.05) is 30.5 Å². The zero-order chi connectivity index (χ0) is 13.8. The molecule has 2 aromatic rings. The minimum absolute atomic E-state index is 0.270. The van der Waals surface area contributed by atoms with E-state index in [4.69, 9.17) is 11.6 Å². The van der Waals surface area contributed by atoms with Crippen molar-refractivity contribution in [1.82, 2.24) is 19.7 Å². The molecule has 1 N–H and O–H groups in total. The van der Waals surface area contributed by atoms with Crippen LogP contribution < -0.4 is 5.32 Å². The molecule has 5 nitrogen and oxygen atoms in total. The standard InChI is InChI=1S/C13H18ClN5/c1-9-8-16-13(14)17-12(9)15-5-4-6-19-11(3)7-10(2)18-19/h7-8H,4-6H2,1-3H3,(H,15,16,17). The van der Waals surface area contributed by atoms with E-state index in [0.717, 1.165) is 36.6 Å². The summed E-state index contributed by atoms with van der Waals surface area (Å²) in [4.78, 5) is 8.09. The third kappa shape index (κ3) is 3.67. The second kappa shape index (κ2) is 6.02. The highest BCUT2D eigenvalue weighted by Crippen LogP contribution is 2.12. The van der Waals surface area contributed by atoms with Gasteiger partial charge in [0.05, 0.1) is 5.69 Å². The van der Waals surface area contributed by atoms with Gasteiger partial charge in [0.1, 0.15) is 5.82 Å². The van der Waals surface area contributed by atoms with Gasteiger partial charge in [0.25, 0.3) is 0 Å². The fourth-order valence-electron chi connectivity index (χ4n) is 1.94. The average molecular weight is 280 g/mol. The lowest BCUT2D eigenvalue weighted by Crippen LogP contribution is -2.10. The number of halogens is 1. The van der Waals surface area contributed by atoms with Crippen LogP contribution in [-0.4, -0.2) is 26.3 Å². The van der Waals surface area contributed by atoms with Crippen molar-refractivity contribution in [1.29, 1.82) is 0 Å². The van der Waals surface area contributed by atoms with Crippen LogP contribution in [0.5, 0.6) is 0 Å². The Labute approximate surface area is 118 Å². The van der Waals surface area contributed by atoms with Crippen molar-refractivity contribution in [3.63, 3.8) is 0 Å². The van der Waals surface area contributed by atoms with E-state index in [9.17, 15) is 0 Å². The van der Waals surface area contributed by atoms with Gasteiger partial charge < -0.3 is 5.32 Å². The molecular weight excluding hydrogens is 262 g/mol. The Balaban J connectivity index is 1.84. The summed E-state index contributed by atoms with van der Waals surface area (Å²) < 4.78 is 2.02. The molecule has 0 saturated heterocycles. The molecule has 0 aliphatic rings. The van der Waals surface area contributed by atoms with Crippen molar-refractivity contribution in [3.05, 3.63) is 34.5 Å². The van der Waals surface area contributed by atoms with Crippen molar-refractivity contribution >= 4 is 17.4 Å². The molecule has 0 aliphatic carbocycles. The number of anilines is 1. The van der Waals surface area contributed by atoms with E-state index in [1.807, 2.05) is 18.5 Å². The van der Waals surface area contributed by atoms with E-state index in [0.29, 0.717) is 0 Å². The molecule has 0 aromatic carbocycles. The van der Waals surface area contributed by atoms with Crippen LogP contribution in [0.1, 0.15) is 23.4 Å². The summed E-state index contributed by atoms with van der Waals surface area (Å²) in [6, 6.07) is 2.09. The number of nitrogens with zero attached hydrogens (tertiary/aromatic N) is 4. The number of aryl methyl sites for hydroxylation is 4. The van der Waals surface area contributed by atoms with Crippen molar-refractivity contribution < 1.29 is 0 Å². The van der Waals surface area contributed by atoms with Gasteiger partial charge >= 0.3 is 0 Å². The highest BCUT2D eigenvalue weighted by Gasteiger charge is 2.03. The zero-order valence-electron chi connectivity index (χ0n) is 11.4. The van der Waals surface area contributed by atoms with Crippen LogP contribution in [0.3, 0.4) is 0 Å². The Morgan fingerprint density at radius 3 is 2.79 bits per heavy atom. The van der Waals surface area contributed by atoms with Gasteiger partial charge in [-0.3, -0.25) is 4.68 Å². The van der Waals surface area contributed by atoms with Crippen LogP contribution in [0.2, 0.25) is 5.28 Å². The molecule has 0 fully saturated rings. The summed E-state index contributed by atoms with van der Waals surface area (Å²) >= 11 is 5.77. The molecule has 2 aromatic heterocycles. The first-order chi connectivity index (χ1) is 9.06. The first kappa shape index (κ1) is 13.8. The van der Waals surface area contributed by atoms with Gasteiger partial charge in [-0.2, -0.15) is 5.10 Å². The van der Waals surface area contributed by atoms with Crippen LogP contribution in [-0.2, 0) is 6.54 Å². The molecule has 0 bridgehead atoms. The molecule has 0 aliphatic heterocycles. The molecule has 19 heavy (non-hydrogen) atoms. The first-order valence-electron chi connectivity index (χ1n) is 6.30. The van der Waals surface area contributed by atoms with Crippen molar-refractivity contribution in [2.24, 2.45) is 0 Å². The molecule has 2 rings (SSSR count). The maximum Gasteiger partial charge on any atom is 0.224 e. The summed E-state index contributed by atoms with van der Waals surface area (Å²) in [5.74, 6) is 0.799. The number of nitrogens with one attached hydrogen (secondary N) is 1. The lowest BCUT2D eigenvalue weighted by Gasteiger charge is -2.09. The molecule has 0 atom stereocenters. The van der Waals surface area contributed by atoms with E-state index in [-0.39, 0.29) is 5.28 Å². The molecule has 0 unspecified atom stereocenters. The maximum absolute atomic E-state index is 5.77. The molecular formula is C13H18ClN5. The fraction of sp³-hybridized carbons (Fsp3) is 0.462. The van der Waals surface area contributed by atoms with Crippen LogP contribution in [0.25, 0.3) is 0 Å². The third-order valence-electron chi connectivity index (χ3n) is 2.88. The second-order valence-electron chi connectivity index (χ2n) is 4.60. The lowest BCUT2D eigenvalue weighted by molar-refractivity contribution is 0.573. The summed E-state index contributed by atoms with van der Waals surface area (Å²) in [5, 5.41) is 7.97. The van der Waals surface area contributed by atoms with E-state index in [1.54, 1.807) is 6.20 Å². The predicted molar refractivity (Wildman–Crippen MR) is 76.6 cm³/mol. The van der Waals surface area contributed by atoms with Gasteiger partial charge in [0.2, 0.25) is 5.28 Å². The van der Waals surface area contributed by atoms with Crippen LogP contribution in [0.4, 0.5) is 5.82 Å². The molecule has 0 spiro atoms. The first-order valence-corrected chi connectivity index (χ1v) is 6.68. The van der Waals surface area contributed by atoms with Crippen molar-refractivity contribution in [2.45, 2.75) is 33.7 Å². The smallest absolute Gasteiger partial charge is 0.224 e. The summed E-state index contributed by atoms with van der Waals surface area (Å²) in [7, 11) is 0. The molecule has 102 valence electrons. The number of aromatic nitrogens is 4. The van der Waals surface area contributed by atoms with Gasteiger partial charge in [-0.15, -0.1) is 0 Å². The molecule has 0 radical (unpaired) electrons. The lowest BCUT2D eigenvalue weighted by atomic mass is 10.3. The minimum atomic E-state index is 0.270. The number of hydrogen-bond acceptors (Lipinski definition) is 4. The number of rotatable bonds is 5. The predicted octanol–water partition coefficient (Wildman–Crippen LogP) is 2.75. The van der Waals surface area contributed by atoms with E-state index in [2.05, 4.69) is 33.4 Å². The van der Waals surface area contributed by atoms with Gasteiger partial charge in [-0.25, -0.2) is 9.97 Å². The average Bonchev–Trinajstić information content (AvgIpc) is 2.67. The molecule has 2 heterocycles. The normalized spacial score (nSPS) is 10.7. The maximum atomic E-state index is 5.77. The Morgan fingerprint density at radius 2 is 2.11 bits per heavy atom. The third-order valence-corrected chi connectivity index (χ3v) is 3.07. The Bertz CT molecular complexity index is 564. The zero-order valence-corrected chi connectivity index (χ0v) is 12.2. The van der Waals surface area contributed by atoms with E-state index < -0.39 is 0 Å². The van der Waals surface area contributed by atoms with Crippen LogP contribution >= 0.6 is 11.6 Å². The van der Waals surface area contributed by atoms with E-state index >= 15 is 0 Å². The van der Waals surface area contributed by atoms with Crippen LogP contribution in [0.15, 0.2) is 12.3 Å². The largest absolute Gasteiger partial charge is 0.370 e. The second-order valence-corrected chi connectivity index (χ2v) is 4.94. The summed E-state index contributed by atoms with van der Waals surface area (Å²) in [5.41, 5.74) is 3.25. The van der Waals surface area contributed by atoms with Crippen molar-refractivity contribution in [2.75, 3.05) is 11.9 Å². The summed E-state index contributed by atoms with van der Waals surface area (Å²) in [6.45, 7) is 7.76. The SMILES string of the molecule is Cc1cc(C)n(CCCNc2nc(Cl)ncc2C)n1. The molecule has 6 heteroatoms. The fourth-order valence-corrected chi connectivity index (χ4v) is 2.07.